The van der Waals surface area contributed by atoms with Crippen LogP contribution in [0.15, 0.2) is 0 Å². The summed E-state index contributed by atoms with van der Waals surface area (Å²) < 4.78 is 4.44. The minimum absolute atomic E-state index is 0.227. The summed E-state index contributed by atoms with van der Waals surface area (Å²) in [4.78, 5) is 10.6. The first-order valence-electron chi connectivity index (χ1n) is 2.69. The molecule has 0 aromatic carbocycles. The minimum Gasteiger partial charge on any atom is -0.465 e. The summed E-state index contributed by atoms with van der Waals surface area (Å²) in [5.41, 5.74) is 3.59. The fourth-order valence-electron chi connectivity index (χ4n) is 0.416. The topological polar surface area (TPSA) is 53.9 Å². The summed E-state index contributed by atoms with van der Waals surface area (Å²) in [7, 11) is 1.37. The van der Waals surface area contributed by atoms with Gasteiger partial charge in [0.05, 0.1) is 7.11 Å². The highest BCUT2D eigenvalue weighted by Gasteiger charge is 2.15. The van der Waals surface area contributed by atoms with Gasteiger partial charge in [-0.1, -0.05) is 15.9 Å². The van der Waals surface area contributed by atoms with Crippen molar-refractivity contribution >= 4 is 21.9 Å². The lowest BCUT2D eigenvalue weighted by atomic mass is 10.2. The van der Waals surface area contributed by atoms with Crippen molar-refractivity contribution in [1.82, 2.24) is 0 Å². The van der Waals surface area contributed by atoms with Crippen LogP contribution in [0, 0.1) is 0 Å². The maximum atomic E-state index is 10.6. The van der Waals surface area contributed by atoms with Crippen molar-refractivity contribution in [3.63, 3.8) is 0 Å². The Morgan fingerprint density at radius 2 is 2.44 bits per heavy atom. The molecule has 0 aromatic heterocycles. The van der Waals surface area contributed by atoms with E-state index in [0.29, 0.717) is 0 Å². The molecule has 1 atom stereocenters. The van der Waals surface area contributed by atoms with E-state index in [1.165, 1.54) is 7.11 Å². The molecule has 0 aliphatic rings. The first-order valence-corrected chi connectivity index (χ1v) is 3.81. The van der Waals surface area contributed by atoms with E-state index in [4.69, 9.17) is 0 Å². The molecule has 0 aromatic rings. The van der Waals surface area contributed by atoms with Crippen LogP contribution in [0.5, 0.6) is 0 Å². The predicted molar refractivity (Wildman–Crippen MR) is 37.1 cm³/mol. The highest BCUT2D eigenvalue weighted by molar-refractivity contribution is 9.09. The standard InChI is InChI=1S/C5H10BrNO2/c1-9-5(8)4(7)2-3-6/h4H,2-3,7H2,1H3/p+1/t4-/m1/s1. The Labute approximate surface area is 62.7 Å². The van der Waals surface area contributed by atoms with E-state index in [1.54, 1.807) is 0 Å². The molecule has 0 unspecified atom stereocenters. The molecular formula is C5H11BrNO2+. The van der Waals surface area contributed by atoms with Crippen LogP contribution in [0.1, 0.15) is 6.42 Å². The molecule has 0 spiro atoms. The molecule has 0 amide bonds. The van der Waals surface area contributed by atoms with Gasteiger partial charge in [-0.2, -0.15) is 0 Å². The lowest BCUT2D eigenvalue weighted by molar-refractivity contribution is -0.408. The average Bonchev–Trinajstić information content (AvgIpc) is 1.87. The van der Waals surface area contributed by atoms with Crippen molar-refractivity contribution < 1.29 is 15.3 Å². The van der Waals surface area contributed by atoms with Crippen LogP contribution in [0.25, 0.3) is 0 Å². The van der Waals surface area contributed by atoms with Gasteiger partial charge in [-0.3, -0.25) is 0 Å². The molecule has 0 fully saturated rings. The third kappa shape index (κ3) is 3.48. The summed E-state index contributed by atoms with van der Waals surface area (Å²) in [6.07, 6.45) is 0.729. The lowest BCUT2D eigenvalue weighted by Crippen LogP contribution is -2.65. The van der Waals surface area contributed by atoms with Gasteiger partial charge in [0.1, 0.15) is 0 Å². The lowest BCUT2D eigenvalue weighted by Gasteiger charge is -2.01. The molecule has 0 saturated heterocycles. The van der Waals surface area contributed by atoms with Gasteiger partial charge in [-0.25, -0.2) is 4.79 Å². The number of hydrogen-bond acceptors (Lipinski definition) is 2. The van der Waals surface area contributed by atoms with Gasteiger partial charge >= 0.3 is 5.97 Å². The molecule has 0 bridgehead atoms. The number of ether oxygens (including phenoxy) is 1. The highest BCUT2D eigenvalue weighted by atomic mass is 79.9. The first-order chi connectivity index (χ1) is 4.22. The number of carbonyl (C=O) groups is 1. The number of rotatable bonds is 3. The molecule has 0 radical (unpaired) electrons. The average molecular weight is 197 g/mol. The zero-order chi connectivity index (χ0) is 7.28. The Morgan fingerprint density at radius 1 is 1.89 bits per heavy atom. The van der Waals surface area contributed by atoms with Crippen LogP contribution in [0.4, 0.5) is 0 Å². The second kappa shape index (κ2) is 4.76. The Bertz CT molecular complexity index is 97.0. The van der Waals surface area contributed by atoms with Crippen LogP contribution in [-0.4, -0.2) is 24.5 Å². The number of esters is 1. The van der Waals surface area contributed by atoms with E-state index in [0.717, 1.165) is 11.8 Å². The van der Waals surface area contributed by atoms with Crippen LogP contribution in [0.2, 0.25) is 0 Å². The van der Waals surface area contributed by atoms with Gasteiger partial charge in [0.25, 0.3) is 0 Å². The van der Waals surface area contributed by atoms with E-state index >= 15 is 0 Å². The maximum absolute atomic E-state index is 10.6. The number of alkyl halides is 1. The van der Waals surface area contributed by atoms with Crippen molar-refractivity contribution in [1.29, 1.82) is 0 Å². The summed E-state index contributed by atoms with van der Waals surface area (Å²) in [5, 5.41) is 0.788. The van der Waals surface area contributed by atoms with Crippen molar-refractivity contribution in [2.24, 2.45) is 0 Å². The molecular weight excluding hydrogens is 186 g/mol. The third-order valence-electron chi connectivity index (χ3n) is 0.992. The zero-order valence-electron chi connectivity index (χ0n) is 5.39. The predicted octanol–water partition coefficient (Wildman–Crippen LogP) is -0.445. The van der Waals surface area contributed by atoms with Crippen LogP contribution in [0.3, 0.4) is 0 Å². The summed E-state index contributed by atoms with van der Waals surface area (Å²) in [5.74, 6) is -0.241. The molecule has 9 heavy (non-hydrogen) atoms. The normalized spacial score (nSPS) is 12.8. The van der Waals surface area contributed by atoms with E-state index in [9.17, 15) is 4.79 Å². The Kier molecular flexibility index (Phi) is 4.71. The molecule has 0 aliphatic heterocycles. The second-order valence-corrected chi connectivity index (χ2v) is 2.49. The number of methoxy groups -OCH3 is 1. The van der Waals surface area contributed by atoms with Crippen molar-refractivity contribution in [3.8, 4) is 0 Å². The minimum atomic E-state index is -0.241. The molecule has 3 nitrogen and oxygen atoms in total. The fourth-order valence-corrected chi connectivity index (χ4v) is 0.969. The molecule has 0 heterocycles. The molecule has 0 aliphatic carbocycles. The summed E-state index contributed by atoms with van der Waals surface area (Å²) in [6, 6.07) is -0.227. The van der Waals surface area contributed by atoms with Gasteiger partial charge in [0.2, 0.25) is 0 Å². The van der Waals surface area contributed by atoms with Crippen LogP contribution < -0.4 is 5.73 Å². The molecule has 4 heteroatoms. The van der Waals surface area contributed by atoms with Crippen molar-refractivity contribution in [3.05, 3.63) is 0 Å². The number of halogens is 1. The Balaban J connectivity index is 3.45. The molecule has 3 N–H and O–H groups in total. The second-order valence-electron chi connectivity index (χ2n) is 1.70. The highest BCUT2D eigenvalue weighted by Crippen LogP contribution is 1.92. The van der Waals surface area contributed by atoms with E-state index < -0.39 is 0 Å². The Hall–Kier alpha value is -0.0900. The molecule has 54 valence electrons. The SMILES string of the molecule is COC(=O)[C@H]([NH3+])CCBr. The van der Waals surface area contributed by atoms with Gasteiger partial charge in [0, 0.05) is 11.8 Å². The number of carbonyl (C=O) groups excluding carboxylic acids is 1. The smallest absolute Gasteiger partial charge is 0.364 e. The summed E-state index contributed by atoms with van der Waals surface area (Å²) in [6.45, 7) is 0. The number of quaternary nitrogens is 1. The fraction of sp³-hybridized carbons (Fsp3) is 0.800. The Morgan fingerprint density at radius 3 is 2.78 bits per heavy atom. The maximum Gasteiger partial charge on any atom is 0.364 e. The monoisotopic (exact) mass is 196 g/mol. The molecule has 0 rings (SSSR count). The molecule has 0 saturated carbocycles. The van der Waals surface area contributed by atoms with Crippen LogP contribution in [-0.2, 0) is 9.53 Å². The van der Waals surface area contributed by atoms with Gasteiger partial charge < -0.3 is 10.5 Å². The quantitative estimate of drug-likeness (QED) is 0.492. The van der Waals surface area contributed by atoms with Crippen molar-refractivity contribution in [2.45, 2.75) is 12.5 Å². The van der Waals surface area contributed by atoms with Crippen LogP contribution >= 0.6 is 15.9 Å². The zero-order valence-corrected chi connectivity index (χ0v) is 6.98. The van der Waals surface area contributed by atoms with E-state index in [1.807, 2.05) is 0 Å². The van der Waals surface area contributed by atoms with E-state index in [2.05, 4.69) is 26.4 Å². The third-order valence-corrected chi connectivity index (χ3v) is 1.45. The van der Waals surface area contributed by atoms with E-state index in [-0.39, 0.29) is 12.0 Å². The van der Waals surface area contributed by atoms with Gasteiger partial charge in [0.15, 0.2) is 6.04 Å². The number of hydrogen-bond donors (Lipinski definition) is 1. The van der Waals surface area contributed by atoms with Gasteiger partial charge in [-0.05, 0) is 0 Å². The first kappa shape index (κ1) is 8.91. The van der Waals surface area contributed by atoms with Crippen molar-refractivity contribution in [2.75, 3.05) is 12.4 Å². The largest absolute Gasteiger partial charge is 0.465 e. The van der Waals surface area contributed by atoms with Gasteiger partial charge in [-0.15, -0.1) is 0 Å². The summed E-state index contributed by atoms with van der Waals surface area (Å²) >= 11 is 3.20.